The lowest BCUT2D eigenvalue weighted by Crippen LogP contribution is -2.39. The minimum absolute atomic E-state index is 0.218. The van der Waals surface area contributed by atoms with E-state index in [-0.39, 0.29) is 5.82 Å². The SMILES string of the molecule is C[Si](C)(C)OC(c1ccccc1)C(F)(F)n1ccnc1-c1ccccc1. The highest BCUT2D eigenvalue weighted by Crippen LogP contribution is 2.42. The van der Waals surface area contributed by atoms with Gasteiger partial charge in [-0.3, -0.25) is 4.57 Å². The van der Waals surface area contributed by atoms with Crippen molar-refractivity contribution in [2.24, 2.45) is 0 Å². The molecule has 0 amide bonds. The van der Waals surface area contributed by atoms with Crippen LogP contribution in [0.5, 0.6) is 0 Å². The number of hydrogen-bond acceptors (Lipinski definition) is 2. The third-order valence-corrected chi connectivity index (χ3v) is 4.83. The van der Waals surface area contributed by atoms with Gasteiger partial charge in [0, 0.05) is 18.0 Å². The van der Waals surface area contributed by atoms with Crippen LogP contribution in [0.25, 0.3) is 11.4 Å². The number of nitrogens with zero attached hydrogens (tertiary/aromatic N) is 2. The van der Waals surface area contributed by atoms with Gasteiger partial charge in [-0.25, -0.2) is 4.98 Å². The van der Waals surface area contributed by atoms with Crippen LogP contribution in [-0.2, 0) is 10.5 Å². The van der Waals surface area contributed by atoms with Gasteiger partial charge in [0.25, 0.3) is 0 Å². The average molecular weight is 372 g/mol. The lowest BCUT2D eigenvalue weighted by Gasteiger charge is -2.34. The molecule has 0 radical (unpaired) electrons. The topological polar surface area (TPSA) is 27.1 Å². The van der Waals surface area contributed by atoms with Crippen LogP contribution in [0, 0.1) is 0 Å². The van der Waals surface area contributed by atoms with Gasteiger partial charge in [0.2, 0.25) is 0 Å². The van der Waals surface area contributed by atoms with Crippen molar-refractivity contribution in [3.63, 3.8) is 0 Å². The number of imidazole rings is 1. The molecule has 3 rings (SSSR count). The van der Waals surface area contributed by atoms with Crippen LogP contribution >= 0.6 is 0 Å². The van der Waals surface area contributed by atoms with Crippen LogP contribution in [0.2, 0.25) is 19.6 Å². The second-order valence-corrected chi connectivity index (χ2v) is 11.6. The molecule has 3 aromatic rings. The summed E-state index contributed by atoms with van der Waals surface area (Å²) in [5, 5.41) is 0. The number of rotatable bonds is 6. The van der Waals surface area contributed by atoms with Crippen molar-refractivity contribution in [2.45, 2.75) is 31.8 Å². The molecule has 136 valence electrons. The number of hydrogen-bond donors (Lipinski definition) is 0. The Morgan fingerprint density at radius 2 is 1.54 bits per heavy atom. The highest BCUT2D eigenvalue weighted by molar-refractivity contribution is 6.69. The van der Waals surface area contributed by atoms with Crippen molar-refractivity contribution >= 4 is 8.32 Å². The van der Waals surface area contributed by atoms with E-state index in [0.29, 0.717) is 11.1 Å². The number of alkyl halides is 2. The molecule has 6 heteroatoms. The zero-order chi connectivity index (χ0) is 18.8. The maximum Gasteiger partial charge on any atom is 0.359 e. The molecule has 1 unspecified atom stereocenters. The largest absolute Gasteiger partial charge is 0.403 e. The van der Waals surface area contributed by atoms with Gasteiger partial charge in [0.15, 0.2) is 14.4 Å². The lowest BCUT2D eigenvalue weighted by atomic mass is 10.1. The van der Waals surface area contributed by atoms with E-state index in [1.807, 2.05) is 25.7 Å². The molecule has 0 fully saturated rings. The molecule has 1 aromatic heterocycles. The smallest absolute Gasteiger partial charge is 0.359 e. The normalized spacial score (nSPS) is 13.6. The molecule has 26 heavy (non-hydrogen) atoms. The Morgan fingerprint density at radius 3 is 2.12 bits per heavy atom. The molecule has 0 aliphatic heterocycles. The zero-order valence-corrected chi connectivity index (χ0v) is 16.1. The fraction of sp³-hybridized carbons (Fsp3) is 0.250. The molecular formula is C20H22F2N2OSi. The maximum atomic E-state index is 15.6. The summed E-state index contributed by atoms with van der Waals surface area (Å²) in [6, 6.07) is 14.4. The molecule has 1 atom stereocenters. The Morgan fingerprint density at radius 1 is 0.962 bits per heavy atom. The summed E-state index contributed by atoms with van der Waals surface area (Å²) >= 11 is 0. The Hall–Kier alpha value is -2.31. The summed E-state index contributed by atoms with van der Waals surface area (Å²) in [5.74, 6) is 0.218. The van der Waals surface area contributed by atoms with Crippen LogP contribution in [0.1, 0.15) is 11.7 Å². The Balaban J connectivity index is 2.08. The summed E-state index contributed by atoms with van der Waals surface area (Å²) in [4.78, 5) is 4.16. The van der Waals surface area contributed by atoms with Gasteiger partial charge >= 0.3 is 6.05 Å². The van der Waals surface area contributed by atoms with Crippen molar-refractivity contribution in [3.8, 4) is 11.4 Å². The summed E-state index contributed by atoms with van der Waals surface area (Å²) < 4.78 is 38.1. The average Bonchev–Trinajstić information content (AvgIpc) is 3.11. The fourth-order valence-corrected chi connectivity index (χ4v) is 3.78. The van der Waals surface area contributed by atoms with Crippen molar-refractivity contribution in [1.82, 2.24) is 9.55 Å². The second kappa shape index (κ2) is 7.13. The van der Waals surface area contributed by atoms with Gasteiger partial charge < -0.3 is 4.43 Å². The maximum absolute atomic E-state index is 15.6. The summed E-state index contributed by atoms with van der Waals surface area (Å²) in [6.07, 6.45) is 1.32. The quantitative estimate of drug-likeness (QED) is 0.520. The first kappa shape index (κ1) is 18.5. The van der Waals surface area contributed by atoms with Crippen molar-refractivity contribution in [2.75, 3.05) is 0 Å². The van der Waals surface area contributed by atoms with Crippen LogP contribution in [0.3, 0.4) is 0 Å². The van der Waals surface area contributed by atoms with Crippen molar-refractivity contribution in [3.05, 3.63) is 78.6 Å². The molecule has 2 aromatic carbocycles. The Bertz CT molecular complexity index is 845. The number of aromatic nitrogens is 2. The summed E-state index contributed by atoms with van der Waals surface area (Å²) in [5.41, 5.74) is 1.09. The lowest BCUT2D eigenvalue weighted by molar-refractivity contribution is -0.166. The molecule has 0 aliphatic carbocycles. The van der Waals surface area contributed by atoms with Gasteiger partial charge in [-0.2, -0.15) is 8.78 Å². The first-order valence-electron chi connectivity index (χ1n) is 8.49. The molecule has 0 saturated carbocycles. The predicted octanol–water partition coefficient (Wildman–Crippen LogP) is 5.69. The number of benzene rings is 2. The van der Waals surface area contributed by atoms with E-state index in [0.717, 1.165) is 4.57 Å². The minimum Gasteiger partial charge on any atom is -0.403 e. The third-order valence-electron chi connectivity index (χ3n) is 3.88. The second-order valence-electron chi connectivity index (χ2n) is 7.10. The van der Waals surface area contributed by atoms with Crippen LogP contribution < -0.4 is 0 Å². The standard InChI is InChI=1S/C20H22F2N2OSi/c1-26(2,3)25-18(16-10-6-4-7-11-16)20(21,22)24-15-14-23-19(24)17-12-8-5-9-13-17/h4-15,18H,1-3H3. The molecule has 0 N–H and O–H groups in total. The number of halogens is 2. The van der Waals surface area contributed by atoms with Gasteiger partial charge in [0.05, 0.1) is 0 Å². The molecule has 0 spiro atoms. The van der Waals surface area contributed by atoms with Crippen LogP contribution in [-0.4, -0.2) is 17.9 Å². The van der Waals surface area contributed by atoms with Gasteiger partial charge in [-0.1, -0.05) is 60.7 Å². The molecule has 3 nitrogen and oxygen atoms in total. The van der Waals surface area contributed by atoms with Gasteiger partial charge in [-0.15, -0.1) is 0 Å². The van der Waals surface area contributed by atoms with E-state index < -0.39 is 20.5 Å². The summed E-state index contributed by atoms with van der Waals surface area (Å²) in [7, 11) is -2.24. The van der Waals surface area contributed by atoms with E-state index >= 15 is 8.78 Å². The van der Waals surface area contributed by atoms with E-state index in [2.05, 4.69) is 4.98 Å². The van der Waals surface area contributed by atoms with E-state index in [1.165, 1.54) is 12.4 Å². The monoisotopic (exact) mass is 372 g/mol. The van der Waals surface area contributed by atoms with Crippen LogP contribution in [0.15, 0.2) is 73.1 Å². The zero-order valence-electron chi connectivity index (χ0n) is 15.1. The molecule has 0 bridgehead atoms. The fourth-order valence-electron chi connectivity index (χ4n) is 2.79. The summed E-state index contributed by atoms with van der Waals surface area (Å²) in [6.45, 7) is 5.72. The first-order chi connectivity index (χ1) is 12.3. The van der Waals surface area contributed by atoms with Crippen LogP contribution in [0.4, 0.5) is 8.78 Å². The molecule has 0 aliphatic rings. The Kier molecular flexibility index (Phi) is 5.07. The highest BCUT2D eigenvalue weighted by atomic mass is 28.4. The molecule has 1 heterocycles. The minimum atomic E-state index is -3.29. The van der Waals surface area contributed by atoms with E-state index in [1.54, 1.807) is 54.6 Å². The predicted molar refractivity (Wildman–Crippen MR) is 101 cm³/mol. The van der Waals surface area contributed by atoms with Crippen molar-refractivity contribution < 1.29 is 13.2 Å². The van der Waals surface area contributed by atoms with Crippen molar-refractivity contribution in [1.29, 1.82) is 0 Å². The Labute approximate surface area is 153 Å². The first-order valence-corrected chi connectivity index (χ1v) is 11.9. The van der Waals surface area contributed by atoms with Gasteiger partial charge in [0.1, 0.15) is 5.82 Å². The molecule has 0 saturated heterocycles. The van der Waals surface area contributed by atoms with Gasteiger partial charge in [-0.05, 0) is 25.2 Å². The highest BCUT2D eigenvalue weighted by Gasteiger charge is 2.46. The third kappa shape index (κ3) is 3.92. The van der Waals surface area contributed by atoms with E-state index in [4.69, 9.17) is 4.43 Å². The van der Waals surface area contributed by atoms with E-state index in [9.17, 15) is 0 Å². The molecular weight excluding hydrogens is 350 g/mol.